The van der Waals surface area contributed by atoms with Gasteiger partial charge in [-0.1, -0.05) is 0 Å². The molecule has 0 spiro atoms. The number of amides is 9. The molecule has 3 fully saturated rings. The van der Waals surface area contributed by atoms with E-state index in [9.17, 15) is 58.5 Å². The Bertz CT molecular complexity index is 1530. The summed E-state index contributed by atoms with van der Waals surface area (Å²) in [5.74, 6) is -2.08. The Kier molecular flexibility index (Phi) is 9.20. The fourth-order valence-electron chi connectivity index (χ4n) is 5.54. The Morgan fingerprint density at radius 2 is 0.646 bits per heavy atom. The van der Waals surface area contributed by atoms with E-state index in [2.05, 4.69) is 16.0 Å². The van der Waals surface area contributed by atoms with Crippen molar-refractivity contribution in [1.82, 2.24) is 44.4 Å². The Balaban J connectivity index is 1.66. The minimum absolute atomic E-state index is 0.378. The van der Waals surface area contributed by atoms with Crippen molar-refractivity contribution in [2.24, 2.45) is 0 Å². The number of nitrogens with zero attached hydrogens (tertiary/aromatic N) is 6. The second-order valence-corrected chi connectivity index (χ2v) is 13.6. The normalized spacial score (nSPS) is 21.8. The molecule has 9 amide bonds. The van der Waals surface area contributed by atoms with E-state index in [4.69, 9.17) is 0 Å². The number of β-amino-alcohol motifs (C(OH)–C–C–N with tert-alkyl or cyclic N) is 3. The average Bonchev–Trinajstić information content (AvgIpc) is 3.38. The lowest BCUT2D eigenvalue weighted by atomic mass is 10.1. The van der Waals surface area contributed by atoms with Gasteiger partial charge in [0.1, 0.15) is 16.6 Å². The van der Waals surface area contributed by atoms with Crippen LogP contribution in [0.15, 0.2) is 14.4 Å². The van der Waals surface area contributed by atoms with Gasteiger partial charge in [0, 0.05) is 0 Å². The molecule has 4 rings (SSSR count). The van der Waals surface area contributed by atoms with Crippen LogP contribution in [0.1, 0.15) is 41.5 Å². The highest BCUT2D eigenvalue weighted by Gasteiger charge is 2.47. The number of carbonyl (C=O) groups excluding carboxylic acids is 6. The minimum Gasteiger partial charge on any atom is -0.389 e. The first-order chi connectivity index (χ1) is 22.0. The SMILES string of the molecule is CC1(C)NC(=O)N(CC(O)Cn2c(=O)n(CC(O)CN3C(=O)NC(C)(C)C3=O)c(=O)n(CC(O)CN3C(=O)NC(C)(C)C3=O)c2=O)C1=O. The van der Waals surface area contributed by atoms with Gasteiger partial charge in [0.15, 0.2) is 0 Å². The molecule has 21 heteroatoms. The highest BCUT2D eigenvalue weighted by Crippen LogP contribution is 2.19. The van der Waals surface area contributed by atoms with E-state index in [0.717, 1.165) is 0 Å². The van der Waals surface area contributed by atoms with Gasteiger partial charge in [-0.3, -0.25) is 29.1 Å². The first-order valence-corrected chi connectivity index (χ1v) is 14.9. The Morgan fingerprint density at radius 3 is 0.812 bits per heavy atom. The number of hydrogen-bond donors (Lipinski definition) is 6. The van der Waals surface area contributed by atoms with Crippen LogP contribution in [0, 0.1) is 0 Å². The molecule has 1 aromatic rings. The number of imide groups is 3. The van der Waals surface area contributed by atoms with Crippen molar-refractivity contribution in [2.45, 2.75) is 96.1 Å². The molecule has 4 heterocycles. The van der Waals surface area contributed by atoms with Crippen LogP contribution in [0.5, 0.6) is 0 Å². The highest BCUT2D eigenvalue weighted by atomic mass is 16.3. The number of urea groups is 3. The summed E-state index contributed by atoms with van der Waals surface area (Å²) < 4.78 is 1.13. The van der Waals surface area contributed by atoms with Crippen LogP contribution in [0.2, 0.25) is 0 Å². The number of aromatic nitrogens is 3. The molecule has 0 saturated carbocycles. The molecule has 0 aromatic carbocycles. The van der Waals surface area contributed by atoms with E-state index in [1.54, 1.807) is 0 Å². The van der Waals surface area contributed by atoms with Gasteiger partial charge in [0.25, 0.3) is 17.7 Å². The standard InChI is InChI=1S/C27H39N9O12/c1-25(2)16(40)31(19(43)28-25)7-13(37)10-34-22(46)35(11-14(38)8-32-17(41)26(3,4)29-20(32)44)24(48)36(23(34)47)12-15(39)9-33-18(42)27(5,6)30-21(33)45/h13-15,37-39H,7-12H2,1-6H3,(H,28,43)(H,29,44)(H,30,45). The number of aliphatic hydroxyl groups excluding tert-OH is 3. The molecule has 3 aliphatic heterocycles. The summed E-state index contributed by atoms with van der Waals surface area (Å²) in [7, 11) is 0. The zero-order valence-corrected chi connectivity index (χ0v) is 27.2. The van der Waals surface area contributed by atoms with Crippen LogP contribution in [0.25, 0.3) is 0 Å². The maximum atomic E-state index is 13.5. The molecule has 3 saturated heterocycles. The molecule has 3 aliphatic rings. The third kappa shape index (κ3) is 6.60. The summed E-state index contributed by atoms with van der Waals surface area (Å²) in [5.41, 5.74) is -7.90. The third-order valence-electron chi connectivity index (χ3n) is 8.08. The summed E-state index contributed by atoms with van der Waals surface area (Å²) in [6.45, 7) is 3.97. The molecule has 3 unspecified atom stereocenters. The zero-order valence-electron chi connectivity index (χ0n) is 27.2. The van der Waals surface area contributed by atoms with Crippen molar-refractivity contribution in [2.75, 3.05) is 19.6 Å². The predicted octanol–water partition coefficient (Wildman–Crippen LogP) is -4.75. The number of carbonyl (C=O) groups is 6. The molecule has 1 aromatic heterocycles. The predicted molar refractivity (Wildman–Crippen MR) is 160 cm³/mol. The third-order valence-corrected chi connectivity index (χ3v) is 8.08. The van der Waals surface area contributed by atoms with Crippen LogP contribution >= 0.6 is 0 Å². The molecule has 0 bridgehead atoms. The maximum absolute atomic E-state index is 13.5. The quantitative estimate of drug-likeness (QED) is 0.114. The molecular weight excluding hydrogens is 642 g/mol. The van der Waals surface area contributed by atoms with E-state index < -0.39 is 127 Å². The van der Waals surface area contributed by atoms with E-state index in [0.29, 0.717) is 28.4 Å². The lowest BCUT2D eigenvalue weighted by Gasteiger charge is -2.23. The van der Waals surface area contributed by atoms with E-state index in [-0.39, 0.29) is 0 Å². The van der Waals surface area contributed by atoms with Crippen molar-refractivity contribution < 1.29 is 44.1 Å². The fraction of sp³-hybridized carbons (Fsp3) is 0.667. The number of nitrogens with one attached hydrogen (secondary N) is 3. The summed E-state index contributed by atoms with van der Waals surface area (Å²) in [6.07, 6.45) is -5.18. The second-order valence-electron chi connectivity index (χ2n) is 13.6. The summed E-state index contributed by atoms with van der Waals surface area (Å²) in [4.78, 5) is 117. The summed E-state index contributed by atoms with van der Waals surface area (Å²) >= 11 is 0. The van der Waals surface area contributed by atoms with E-state index >= 15 is 0 Å². The van der Waals surface area contributed by atoms with Gasteiger partial charge in [-0.25, -0.2) is 42.5 Å². The molecule has 0 aliphatic carbocycles. The van der Waals surface area contributed by atoms with Crippen molar-refractivity contribution in [3.8, 4) is 0 Å². The van der Waals surface area contributed by atoms with Gasteiger partial charge in [0.05, 0.1) is 57.6 Å². The molecule has 21 nitrogen and oxygen atoms in total. The van der Waals surface area contributed by atoms with Crippen molar-refractivity contribution in [3.63, 3.8) is 0 Å². The highest BCUT2D eigenvalue weighted by molar-refractivity contribution is 6.07. The number of hydrogen-bond acceptors (Lipinski definition) is 12. The van der Waals surface area contributed by atoms with Gasteiger partial charge in [-0.05, 0) is 41.5 Å². The molecular formula is C27H39N9O12. The largest absolute Gasteiger partial charge is 0.389 e. The molecule has 0 radical (unpaired) electrons. The van der Waals surface area contributed by atoms with Gasteiger partial charge in [-0.2, -0.15) is 0 Å². The number of aliphatic hydroxyl groups is 3. The summed E-state index contributed by atoms with van der Waals surface area (Å²) in [5, 5.41) is 39.6. The Morgan fingerprint density at radius 1 is 0.438 bits per heavy atom. The first-order valence-electron chi connectivity index (χ1n) is 14.9. The Labute approximate surface area is 271 Å². The zero-order chi connectivity index (χ0) is 36.3. The van der Waals surface area contributed by atoms with Crippen LogP contribution < -0.4 is 33.0 Å². The van der Waals surface area contributed by atoms with Gasteiger partial charge in [-0.15, -0.1) is 0 Å². The van der Waals surface area contributed by atoms with Crippen LogP contribution in [0.3, 0.4) is 0 Å². The van der Waals surface area contributed by atoms with Crippen LogP contribution in [-0.4, -0.2) is 134 Å². The maximum Gasteiger partial charge on any atom is 0.336 e. The second kappa shape index (κ2) is 12.3. The molecule has 48 heavy (non-hydrogen) atoms. The van der Waals surface area contributed by atoms with Crippen molar-refractivity contribution >= 4 is 35.8 Å². The topological polar surface area (TPSA) is 275 Å². The van der Waals surface area contributed by atoms with Gasteiger partial charge < -0.3 is 31.3 Å². The van der Waals surface area contributed by atoms with Crippen LogP contribution in [0.4, 0.5) is 14.4 Å². The lowest BCUT2D eigenvalue weighted by Crippen LogP contribution is -2.58. The van der Waals surface area contributed by atoms with Gasteiger partial charge in [0.2, 0.25) is 0 Å². The van der Waals surface area contributed by atoms with Crippen molar-refractivity contribution in [3.05, 3.63) is 31.5 Å². The monoisotopic (exact) mass is 681 g/mol. The van der Waals surface area contributed by atoms with E-state index in [1.165, 1.54) is 41.5 Å². The van der Waals surface area contributed by atoms with Crippen LogP contribution in [-0.2, 0) is 34.0 Å². The minimum atomic E-state index is -1.73. The number of rotatable bonds is 12. The Hall–Kier alpha value is -4.89. The lowest BCUT2D eigenvalue weighted by molar-refractivity contribution is -0.131. The molecule has 264 valence electrons. The smallest absolute Gasteiger partial charge is 0.336 e. The summed E-state index contributed by atoms with van der Waals surface area (Å²) in [6, 6.07) is -2.51. The first kappa shape index (κ1) is 36.0. The van der Waals surface area contributed by atoms with Gasteiger partial charge >= 0.3 is 35.2 Å². The fourth-order valence-corrected chi connectivity index (χ4v) is 5.54. The van der Waals surface area contributed by atoms with E-state index in [1.807, 2.05) is 0 Å². The molecule has 3 atom stereocenters. The van der Waals surface area contributed by atoms with Crippen molar-refractivity contribution in [1.29, 1.82) is 0 Å². The molecule has 6 N–H and O–H groups in total. The average molecular weight is 682 g/mol.